The lowest BCUT2D eigenvalue weighted by molar-refractivity contribution is -0.140. The van der Waals surface area contributed by atoms with Crippen LogP contribution in [-0.4, -0.2) is 34.3 Å². The quantitative estimate of drug-likeness (QED) is 0.472. The molecule has 0 spiro atoms. The van der Waals surface area contributed by atoms with E-state index in [1.807, 2.05) is 0 Å². The van der Waals surface area contributed by atoms with Crippen LogP contribution < -0.4 is 5.32 Å². The highest BCUT2D eigenvalue weighted by Crippen LogP contribution is 2.65. The van der Waals surface area contributed by atoms with Gasteiger partial charge in [-0.1, -0.05) is 23.8 Å². The van der Waals surface area contributed by atoms with E-state index < -0.39 is 0 Å². The average Bonchev–Trinajstić information content (AvgIpc) is 3.41. The number of imide groups is 1. The van der Waals surface area contributed by atoms with Crippen LogP contribution in [0.2, 0.25) is 5.02 Å². The molecule has 4 aliphatic carbocycles. The molecular formula is C20H19ClN2O4. The maximum atomic E-state index is 12.9. The van der Waals surface area contributed by atoms with E-state index in [1.54, 1.807) is 6.07 Å². The van der Waals surface area contributed by atoms with Crippen molar-refractivity contribution in [2.45, 2.75) is 12.8 Å². The van der Waals surface area contributed by atoms with Crippen LogP contribution in [0.25, 0.3) is 0 Å². The molecule has 1 aromatic rings. The van der Waals surface area contributed by atoms with Gasteiger partial charge in [-0.3, -0.25) is 19.3 Å². The molecule has 6 nitrogen and oxygen atoms in total. The molecule has 3 amide bonds. The summed E-state index contributed by atoms with van der Waals surface area (Å²) in [6.07, 6.45) is 5.38. The van der Waals surface area contributed by atoms with Crippen LogP contribution >= 0.6 is 11.6 Å². The molecule has 2 saturated carbocycles. The van der Waals surface area contributed by atoms with E-state index in [1.165, 1.54) is 17.0 Å². The summed E-state index contributed by atoms with van der Waals surface area (Å²) in [5, 5.41) is 12.8. The molecule has 1 aliphatic heterocycles. The third-order valence-electron chi connectivity index (χ3n) is 6.55. The second kappa shape index (κ2) is 5.83. The molecule has 1 saturated heterocycles. The van der Waals surface area contributed by atoms with Crippen LogP contribution in [0.15, 0.2) is 30.4 Å². The van der Waals surface area contributed by atoms with Gasteiger partial charge in [0.15, 0.2) is 0 Å². The lowest BCUT2D eigenvalue weighted by Gasteiger charge is -2.37. The number of hydrogen-bond donors (Lipinski definition) is 2. The maximum absolute atomic E-state index is 12.9. The monoisotopic (exact) mass is 386 g/mol. The van der Waals surface area contributed by atoms with Crippen molar-refractivity contribution < 1.29 is 19.5 Å². The number of halogens is 1. The zero-order chi connectivity index (χ0) is 18.9. The minimum absolute atomic E-state index is 0.00535. The van der Waals surface area contributed by atoms with Gasteiger partial charge in [0.05, 0.1) is 17.5 Å². The van der Waals surface area contributed by atoms with Gasteiger partial charge in [-0.15, -0.1) is 0 Å². The smallest absolute Gasteiger partial charge is 0.233 e. The number of hydrogen-bond acceptors (Lipinski definition) is 4. The lowest BCUT2D eigenvalue weighted by Crippen LogP contribution is -2.40. The van der Waals surface area contributed by atoms with Crippen molar-refractivity contribution in [1.82, 2.24) is 4.90 Å². The number of anilines is 1. The van der Waals surface area contributed by atoms with Gasteiger partial charge in [-0.25, -0.2) is 0 Å². The highest BCUT2D eigenvalue weighted by Gasteiger charge is 2.66. The van der Waals surface area contributed by atoms with Crippen molar-refractivity contribution in [1.29, 1.82) is 0 Å². The number of carbonyl (C=O) groups is 3. The van der Waals surface area contributed by atoms with E-state index in [-0.39, 0.29) is 65.8 Å². The zero-order valence-electron chi connectivity index (χ0n) is 14.5. The fraction of sp³-hybridized carbons (Fsp3) is 0.450. The molecule has 2 bridgehead atoms. The van der Waals surface area contributed by atoms with Gasteiger partial charge in [-0.2, -0.15) is 0 Å². The molecular weight excluding hydrogens is 368 g/mol. The molecule has 3 fully saturated rings. The predicted molar refractivity (Wildman–Crippen MR) is 97.8 cm³/mol. The summed E-state index contributed by atoms with van der Waals surface area (Å²) in [4.78, 5) is 39.2. The van der Waals surface area contributed by atoms with Crippen molar-refractivity contribution in [3.63, 3.8) is 0 Å². The van der Waals surface area contributed by atoms with Crippen LogP contribution in [0.3, 0.4) is 0 Å². The van der Waals surface area contributed by atoms with E-state index in [0.29, 0.717) is 16.9 Å². The average molecular weight is 387 g/mol. The Morgan fingerprint density at radius 2 is 1.78 bits per heavy atom. The summed E-state index contributed by atoms with van der Waals surface area (Å²) in [5.74, 6) is 0.276. The molecule has 0 unspecified atom stereocenters. The van der Waals surface area contributed by atoms with Crippen molar-refractivity contribution in [2.24, 2.45) is 35.5 Å². The molecule has 1 aromatic carbocycles. The predicted octanol–water partition coefficient (Wildman–Crippen LogP) is 2.43. The van der Waals surface area contributed by atoms with Crippen molar-refractivity contribution in [3.05, 3.63) is 35.4 Å². The zero-order valence-corrected chi connectivity index (χ0v) is 15.2. The van der Waals surface area contributed by atoms with Crippen molar-refractivity contribution in [2.75, 3.05) is 11.9 Å². The first-order chi connectivity index (χ1) is 13.0. The summed E-state index contributed by atoms with van der Waals surface area (Å²) >= 11 is 5.78. The Balaban J connectivity index is 1.25. The number of phenols is 1. The first-order valence-corrected chi connectivity index (χ1v) is 9.65. The van der Waals surface area contributed by atoms with Gasteiger partial charge in [0, 0.05) is 24.1 Å². The van der Waals surface area contributed by atoms with Crippen molar-refractivity contribution >= 4 is 35.0 Å². The number of rotatable bonds is 4. The SMILES string of the molecule is O=C(CCN1C(=O)[C@@H]2[C@@H]3C=C[C@@H]([C@H]4C[C@@H]34)[C@@H]2C1=O)Nc1ccc(Cl)cc1O. The lowest BCUT2D eigenvalue weighted by atomic mass is 9.63. The third kappa shape index (κ3) is 2.50. The topological polar surface area (TPSA) is 86.7 Å². The summed E-state index contributed by atoms with van der Waals surface area (Å²) in [6, 6.07) is 4.40. The van der Waals surface area contributed by atoms with E-state index in [4.69, 9.17) is 11.6 Å². The molecule has 2 N–H and O–H groups in total. The van der Waals surface area contributed by atoms with E-state index >= 15 is 0 Å². The summed E-state index contributed by atoms with van der Waals surface area (Å²) in [7, 11) is 0. The second-order valence-electron chi connectivity index (χ2n) is 7.94. The third-order valence-corrected chi connectivity index (χ3v) is 6.79. The van der Waals surface area contributed by atoms with E-state index in [9.17, 15) is 19.5 Å². The molecule has 6 rings (SSSR count). The molecule has 6 atom stereocenters. The molecule has 5 aliphatic rings. The van der Waals surface area contributed by atoms with Gasteiger partial charge in [-0.05, 0) is 42.2 Å². The van der Waals surface area contributed by atoms with Gasteiger partial charge in [0.25, 0.3) is 0 Å². The van der Waals surface area contributed by atoms with Gasteiger partial charge >= 0.3 is 0 Å². The van der Waals surface area contributed by atoms with Gasteiger partial charge < -0.3 is 10.4 Å². The molecule has 1 heterocycles. The largest absolute Gasteiger partial charge is 0.506 e. The Morgan fingerprint density at radius 3 is 2.37 bits per heavy atom. The van der Waals surface area contributed by atoms with Crippen LogP contribution in [0, 0.1) is 35.5 Å². The fourth-order valence-corrected chi connectivity index (χ4v) is 5.44. The summed E-state index contributed by atoms with van der Waals surface area (Å²) < 4.78 is 0. The Labute approximate surface area is 161 Å². The number of phenolic OH excluding ortho intramolecular Hbond substituents is 1. The minimum Gasteiger partial charge on any atom is -0.506 e. The number of benzene rings is 1. The Bertz CT molecular complexity index is 862. The fourth-order valence-electron chi connectivity index (χ4n) is 5.28. The Morgan fingerprint density at radius 1 is 1.15 bits per heavy atom. The normalized spacial score (nSPS) is 35.2. The van der Waals surface area contributed by atoms with Gasteiger partial charge in [0.2, 0.25) is 17.7 Å². The number of nitrogens with one attached hydrogen (secondary N) is 1. The number of nitrogens with zero attached hydrogens (tertiary/aromatic N) is 1. The van der Waals surface area contributed by atoms with Crippen LogP contribution in [0.4, 0.5) is 5.69 Å². The van der Waals surface area contributed by atoms with E-state index in [2.05, 4.69) is 17.5 Å². The number of likely N-dealkylation sites (tertiary alicyclic amines) is 1. The summed E-state index contributed by atoms with van der Waals surface area (Å²) in [5.41, 5.74) is 0.250. The molecule has 7 heteroatoms. The van der Waals surface area contributed by atoms with Crippen LogP contribution in [0.1, 0.15) is 12.8 Å². The Kier molecular flexibility index (Phi) is 3.63. The van der Waals surface area contributed by atoms with E-state index in [0.717, 1.165) is 6.42 Å². The number of amides is 3. The first kappa shape index (κ1) is 16.8. The molecule has 140 valence electrons. The first-order valence-electron chi connectivity index (χ1n) is 9.27. The standard InChI is InChI=1S/C20H19ClN2O4/c21-9-1-4-14(15(24)7-9)22-16(25)5-6-23-19(26)17-10-2-3-11(13-8-12(10)13)18(17)20(23)27/h1-4,7,10-13,17-18,24H,5-6,8H2,(H,22,25)/t10-,11+,12+,13-,17-,18+. The highest BCUT2D eigenvalue weighted by atomic mass is 35.5. The number of aromatic hydroxyl groups is 1. The highest BCUT2D eigenvalue weighted by molar-refractivity contribution is 6.30. The van der Waals surface area contributed by atoms with Crippen molar-refractivity contribution in [3.8, 4) is 5.75 Å². The van der Waals surface area contributed by atoms with Crippen LogP contribution in [-0.2, 0) is 14.4 Å². The molecule has 0 aromatic heterocycles. The number of allylic oxidation sites excluding steroid dienone is 2. The van der Waals surface area contributed by atoms with Crippen LogP contribution in [0.5, 0.6) is 5.75 Å². The molecule has 0 radical (unpaired) electrons. The molecule has 27 heavy (non-hydrogen) atoms. The van der Waals surface area contributed by atoms with Gasteiger partial charge in [0.1, 0.15) is 5.75 Å². The number of carbonyl (C=O) groups excluding carboxylic acids is 3. The second-order valence-corrected chi connectivity index (χ2v) is 8.38. The Hall–Kier alpha value is -2.34. The minimum atomic E-state index is -0.368. The maximum Gasteiger partial charge on any atom is 0.233 e. The summed E-state index contributed by atoms with van der Waals surface area (Å²) in [6.45, 7) is 0.0691.